The largest absolute Gasteiger partial charge is 0.478 e. The number of aliphatic hydroxyl groups excluding tert-OH is 1. The third-order valence-corrected chi connectivity index (χ3v) is 5.90. The van der Waals surface area contributed by atoms with Crippen molar-refractivity contribution in [3.05, 3.63) is 53.4 Å². The van der Waals surface area contributed by atoms with Crippen molar-refractivity contribution < 1.29 is 15.0 Å². The predicted molar refractivity (Wildman–Crippen MR) is 141 cm³/mol. The molecule has 7 heteroatoms. The van der Waals surface area contributed by atoms with Crippen LogP contribution >= 0.6 is 0 Å². The van der Waals surface area contributed by atoms with Gasteiger partial charge < -0.3 is 31.6 Å². The number of unbranched alkanes of at least 4 members (excludes halogenated alkanes) is 5. The van der Waals surface area contributed by atoms with Gasteiger partial charge in [-0.15, -0.1) is 6.58 Å². The molecule has 7 nitrogen and oxygen atoms in total. The summed E-state index contributed by atoms with van der Waals surface area (Å²) < 4.78 is 1.71. The number of aliphatic hydroxyl groups is 1. The van der Waals surface area contributed by atoms with Crippen LogP contribution in [0.15, 0.2) is 42.3 Å². The molecule has 7 N–H and O–H groups in total. The molecule has 0 amide bonds. The number of nitrogens with zero attached hydrogens (tertiary/aromatic N) is 1. The molecule has 0 saturated heterocycles. The molecule has 0 bridgehead atoms. The minimum Gasteiger partial charge on any atom is -0.478 e. The van der Waals surface area contributed by atoms with Crippen LogP contribution in [0, 0.1) is 0 Å². The highest BCUT2D eigenvalue weighted by Gasteiger charge is 2.21. The van der Waals surface area contributed by atoms with Crippen LogP contribution in [-0.2, 0) is 6.54 Å². The molecule has 1 rings (SSSR count). The molecule has 34 heavy (non-hydrogen) atoms. The molecule has 1 heterocycles. The van der Waals surface area contributed by atoms with Gasteiger partial charge in [-0.1, -0.05) is 43.9 Å². The smallest absolute Gasteiger partial charge is 0.337 e. The van der Waals surface area contributed by atoms with Gasteiger partial charge in [0.05, 0.1) is 17.8 Å². The van der Waals surface area contributed by atoms with E-state index in [0.29, 0.717) is 24.2 Å². The lowest BCUT2D eigenvalue weighted by atomic mass is 9.98. The molecule has 0 fully saturated rings. The van der Waals surface area contributed by atoms with E-state index in [-0.39, 0.29) is 12.1 Å². The molecule has 1 aromatic heterocycles. The van der Waals surface area contributed by atoms with Crippen LogP contribution in [-0.4, -0.2) is 39.6 Å². The lowest BCUT2D eigenvalue weighted by Crippen LogP contribution is -2.43. The predicted octanol–water partition coefficient (Wildman–Crippen LogP) is 4.77. The van der Waals surface area contributed by atoms with Crippen molar-refractivity contribution in [2.75, 3.05) is 6.54 Å². The fourth-order valence-electron chi connectivity index (χ4n) is 3.95. The zero-order valence-corrected chi connectivity index (χ0v) is 21.4. The van der Waals surface area contributed by atoms with Gasteiger partial charge in [0.1, 0.15) is 0 Å². The maximum atomic E-state index is 12.0. The van der Waals surface area contributed by atoms with Gasteiger partial charge in [0.25, 0.3) is 0 Å². The maximum absolute atomic E-state index is 12.0. The van der Waals surface area contributed by atoms with Crippen LogP contribution in [0.5, 0.6) is 0 Å². The van der Waals surface area contributed by atoms with Gasteiger partial charge in [0.2, 0.25) is 0 Å². The average Bonchev–Trinajstić information content (AvgIpc) is 3.20. The first-order valence-electron chi connectivity index (χ1n) is 12.6. The van der Waals surface area contributed by atoms with Crippen LogP contribution in [0.3, 0.4) is 0 Å². The Labute approximate surface area is 205 Å². The number of hydrogen-bond acceptors (Lipinski definition) is 5. The highest BCUT2D eigenvalue weighted by atomic mass is 16.4. The molecule has 0 aliphatic heterocycles. The highest BCUT2D eigenvalue weighted by molar-refractivity contribution is 5.94. The molecule has 0 radical (unpaired) electrons. The van der Waals surface area contributed by atoms with Gasteiger partial charge in [0, 0.05) is 36.7 Å². The van der Waals surface area contributed by atoms with Gasteiger partial charge >= 0.3 is 5.97 Å². The maximum Gasteiger partial charge on any atom is 0.337 e. The van der Waals surface area contributed by atoms with Gasteiger partial charge in [-0.3, -0.25) is 0 Å². The zero-order chi connectivity index (χ0) is 25.5. The summed E-state index contributed by atoms with van der Waals surface area (Å²) in [5, 5.41) is 22.8. The van der Waals surface area contributed by atoms with Crippen molar-refractivity contribution in [2.45, 2.75) is 97.4 Å². The van der Waals surface area contributed by atoms with Crippen molar-refractivity contribution in [1.29, 1.82) is 0 Å². The van der Waals surface area contributed by atoms with Crippen molar-refractivity contribution >= 4 is 11.7 Å². The molecule has 192 valence electrons. The number of carbonyl (C=O) groups is 1. The third kappa shape index (κ3) is 10.7. The van der Waals surface area contributed by atoms with Crippen LogP contribution in [0.1, 0.15) is 94.5 Å². The van der Waals surface area contributed by atoms with Gasteiger partial charge in [-0.25, -0.2) is 4.79 Å². The Morgan fingerprint density at radius 1 is 1.21 bits per heavy atom. The monoisotopic (exact) mass is 474 g/mol. The Morgan fingerprint density at radius 2 is 1.85 bits per heavy atom. The lowest BCUT2D eigenvalue weighted by molar-refractivity contribution is 0.0696. The van der Waals surface area contributed by atoms with Gasteiger partial charge in [-0.05, 0) is 57.9 Å². The number of aromatic nitrogens is 1. The molecule has 2 atom stereocenters. The first kappa shape index (κ1) is 29.7. The van der Waals surface area contributed by atoms with E-state index in [9.17, 15) is 15.0 Å². The van der Waals surface area contributed by atoms with Gasteiger partial charge in [0.15, 0.2) is 0 Å². The van der Waals surface area contributed by atoms with Crippen molar-refractivity contribution in [1.82, 2.24) is 9.88 Å². The molecule has 0 aliphatic rings. The highest BCUT2D eigenvalue weighted by Crippen LogP contribution is 2.27. The van der Waals surface area contributed by atoms with E-state index in [1.807, 2.05) is 6.08 Å². The topological polar surface area (TPSA) is 127 Å². The number of nitrogens with two attached hydrogens (primary N) is 2. The minimum atomic E-state index is -1.02. The van der Waals surface area contributed by atoms with Crippen LogP contribution in [0.2, 0.25) is 0 Å². The molecule has 2 unspecified atom stereocenters. The number of hydrogen-bond donors (Lipinski definition) is 5. The summed E-state index contributed by atoms with van der Waals surface area (Å²) in [6.45, 7) is 10.2. The third-order valence-electron chi connectivity index (χ3n) is 5.90. The fourth-order valence-corrected chi connectivity index (χ4v) is 3.95. The second-order valence-corrected chi connectivity index (χ2v) is 9.10. The fraction of sp³-hybridized carbons (Fsp3) is 0.593. The summed E-state index contributed by atoms with van der Waals surface area (Å²) in [5.74, 6) is -1.02. The Bertz CT molecular complexity index is 824. The first-order chi connectivity index (χ1) is 16.2. The first-order valence-corrected chi connectivity index (χ1v) is 12.6. The summed E-state index contributed by atoms with van der Waals surface area (Å²) in [4.78, 5) is 12.0. The molecular formula is C27H46N4O3. The molecule has 0 spiro atoms. The Balaban J connectivity index is 3.08. The Morgan fingerprint density at radius 3 is 2.44 bits per heavy atom. The number of carboxylic acids is 1. The van der Waals surface area contributed by atoms with Gasteiger partial charge in [-0.2, -0.15) is 0 Å². The van der Waals surface area contributed by atoms with E-state index < -0.39 is 18.2 Å². The molecule has 0 aromatic carbocycles. The number of carboxylic acid groups (broad SMARTS) is 1. The van der Waals surface area contributed by atoms with E-state index in [1.165, 1.54) is 37.7 Å². The summed E-state index contributed by atoms with van der Waals surface area (Å²) in [5.41, 5.74) is 15.7. The quantitative estimate of drug-likeness (QED) is 0.118. The molecule has 1 aromatic rings. The van der Waals surface area contributed by atoms with Crippen LogP contribution in [0.4, 0.5) is 0 Å². The van der Waals surface area contributed by atoms with E-state index in [0.717, 1.165) is 24.8 Å². The normalized spacial score (nSPS) is 14.5. The van der Waals surface area contributed by atoms with Crippen LogP contribution < -0.4 is 16.8 Å². The second-order valence-electron chi connectivity index (χ2n) is 9.10. The van der Waals surface area contributed by atoms with Crippen molar-refractivity contribution in [3.8, 4) is 0 Å². The van der Waals surface area contributed by atoms with Crippen molar-refractivity contribution in [3.63, 3.8) is 0 Å². The zero-order valence-electron chi connectivity index (χ0n) is 21.4. The minimum absolute atomic E-state index is 0.176. The van der Waals surface area contributed by atoms with E-state index >= 15 is 0 Å². The Hall–Kier alpha value is -2.35. The summed E-state index contributed by atoms with van der Waals surface area (Å²) in [6.07, 6.45) is 16.2. The van der Waals surface area contributed by atoms with E-state index in [1.54, 1.807) is 23.9 Å². The van der Waals surface area contributed by atoms with Crippen molar-refractivity contribution in [2.24, 2.45) is 11.5 Å². The van der Waals surface area contributed by atoms with E-state index in [2.05, 4.69) is 31.8 Å². The number of rotatable bonds is 18. The molecule has 0 aliphatic carbocycles. The standard InChI is InChI=1S/C27H46N4O3/c1-5-7-8-9-10-11-12-13-20(3)14-15-22(6-2)26(30-25(29)16-28)23-18-31(17-21(4)32)19-24(23)27(33)34/h5,14,18-19,21,25,30,32H,1,6-13,15-17,28-29H2,2-4H3,(H,33,34)/b20-14+,26-22+. The second kappa shape index (κ2) is 16.3. The van der Waals surface area contributed by atoms with Crippen LogP contribution in [0.25, 0.3) is 5.70 Å². The number of allylic oxidation sites excluding steroid dienone is 4. The molecular weight excluding hydrogens is 428 g/mol. The number of nitrogens with one attached hydrogen (secondary N) is 1. The lowest BCUT2D eigenvalue weighted by Gasteiger charge is -2.20. The average molecular weight is 475 g/mol. The van der Waals surface area contributed by atoms with E-state index in [4.69, 9.17) is 11.5 Å². The summed E-state index contributed by atoms with van der Waals surface area (Å²) in [7, 11) is 0. The number of aromatic carboxylic acids is 1. The SMILES string of the molecule is C=CCCCCCCC/C(C)=C/C/C(CC)=C(/NC(N)CN)c1cn(CC(C)O)cc1C(=O)O. The molecule has 0 saturated carbocycles. The summed E-state index contributed by atoms with van der Waals surface area (Å²) >= 11 is 0. The summed E-state index contributed by atoms with van der Waals surface area (Å²) in [6, 6.07) is 0. The Kier molecular flexibility index (Phi) is 14.2.